The number of amides is 1. The Balaban J connectivity index is 1.88. The predicted molar refractivity (Wildman–Crippen MR) is 65.1 cm³/mol. The SMILES string of the molecule is Cc1ccc([C@@H](O)CNC(=O)c2cccs2)o1. The third-order valence-corrected chi connectivity index (χ3v) is 3.16. The van der Waals surface area contributed by atoms with Gasteiger partial charge < -0.3 is 14.8 Å². The average Bonchev–Trinajstić information content (AvgIpc) is 2.95. The van der Waals surface area contributed by atoms with Crippen LogP contribution in [-0.4, -0.2) is 17.6 Å². The Labute approximate surface area is 103 Å². The average molecular weight is 251 g/mol. The third kappa shape index (κ3) is 2.95. The van der Waals surface area contributed by atoms with Gasteiger partial charge in [0.25, 0.3) is 5.91 Å². The minimum Gasteiger partial charge on any atom is -0.464 e. The molecular weight excluding hydrogens is 238 g/mol. The Kier molecular flexibility index (Phi) is 3.61. The molecule has 0 spiro atoms. The molecule has 0 aromatic carbocycles. The second kappa shape index (κ2) is 5.16. The number of carbonyl (C=O) groups excluding carboxylic acids is 1. The molecule has 2 N–H and O–H groups in total. The van der Waals surface area contributed by atoms with E-state index in [-0.39, 0.29) is 12.5 Å². The van der Waals surface area contributed by atoms with Gasteiger partial charge in [-0.2, -0.15) is 0 Å². The highest BCUT2D eigenvalue weighted by Crippen LogP contribution is 2.15. The molecule has 4 nitrogen and oxygen atoms in total. The lowest BCUT2D eigenvalue weighted by molar-refractivity contribution is 0.0904. The molecule has 5 heteroatoms. The molecule has 0 saturated carbocycles. The Hall–Kier alpha value is -1.59. The van der Waals surface area contributed by atoms with Gasteiger partial charge in [0.2, 0.25) is 0 Å². The van der Waals surface area contributed by atoms with E-state index in [2.05, 4.69) is 5.32 Å². The zero-order valence-electron chi connectivity index (χ0n) is 9.34. The molecule has 0 aliphatic carbocycles. The van der Waals surface area contributed by atoms with Gasteiger partial charge in [0.05, 0.1) is 11.4 Å². The summed E-state index contributed by atoms with van der Waals surface area (Å²) in [7, 11) is 0. The molecule has 90 valence electrons. The second-order valence-electron chi connectivity index (χ2n) is 3.65. The summed E-state index contributed by atoms with van der Waals surface area (Å²) in [4.78, 5) is 12.2. The van der Waals surface area contributed by atoms with Crippen LogP contribution in [0.15, 0.2) is 34.1 Å². The van der Waals surface area contributed by atoms with Crippen molar-refractivity contribution in [3.8, 4) is 0 Å². The number of hydrogen-bond acceptors (Lipinski definition) is 4. The highest BCUT2D eigenvalue weighted by atomic mass is 32.1. The van der Waals surface area contributed by atoms with Crippen molar-refractivity contribution in [3.63, 3.8) is 0 Å². The van der Waals surface area contributed by atoms with E-state index >= 15 is 0 Å². The van der Waals surface area contributed by atoms with Crippen LogP contribution in [0.5, 0.6) is 0 Å². The van der Waals surface area contributed by atoms with Crippen molar-refractivity contribution in [1.29, 1.82) is 0 Å². The fraction of sp³-hybridized carbons (Fsp3) is 0.250. The van der Waals surface area contributed by atoms with Crippen LogP contribution in [0.2, 0.25) is 0 Å². The van der Waals surface area contributed by atoms with E-state index in [0.29, 0.717) is 10.6 Å². The summed E-state index contributed by atoms with van der Waals surface area (Å²) in [5, 5.41) is 14.3. The van der Waals surface area contributed by atoms with E-state index in [0.717, 1.165) is 5.76 Å². The standard InChI is InChI=1S/C12H13NO3S/c1-8-4-5-10(16-8)9(14)7-13-12(15)11-3-2-6-17-11/h2-6,9,14H,7H2,1H3,(H,13,15)/t9-/m0/s1. The molecule has 1 atom stereocenters. The Morgan fingerprint density at radius 1 is 1.53 bits per heavy atom. The molecule has 0 fully saturated rings. The molecular formula is C12H13NO3S. The summed E-state index contributed by atoms with van der Waals surface area (Å²) < 4.78 is 5.27. The molecule has 0 aliphatic heterocycles. The summed E-state index contributed by atoms with van der Waals surface area (Å²) in [6, 6.07) is 7.03. The highest BCUT2D eigenvalue weighted by Gasteiger charge is 2.13. The molecule has 2 aromatic rings. The number of aliphatic hydroxyl groups excluding tert-OH is 1. The van der Waals surface area contributed by atoms with Crippen LogP contribution in [0.3, 0.4) is 0 Å². The fourth-order valence-corrected chi connectivity index (χ4v) is 2.06. The number of hydrogen-bond donors (Lipinski definition) is 2. The number of thiophene rings is 1. The summed E-state index contributed by atoms with van der Waals surface area (Å²) >= 11 is 1.37. The van der Waals surface area contributed by atoms with Gasteiger partial charge in [0.15, 0.2) is 0 Å². The summed E-state index contributed by atoms with van der Waals surface area (Å²) in [6.07, 6.45) is -0.812. The first-order chi connectivity index (χ1) is 8.16. The molecule has 1 amide bonds. The first-order valence-corrected chi connectivity index (χ1v) is 6.11. The van der Waals surface area contributed by atoms with Gasteiger partial charge in [0.1, 0.15) is 17.6 Å². The van der Waals surface area contributed by atoms with Crippen molar-refractivity contribution in [2.45, 2.75) is 13.0 Å². The maximum absolute atomic E-state index is 11.6. The zero-order valence-corrected chi connectivity index (χ0v) is 10.2. The lowest BCUT2D eigenvalue weighted by Gasteiger charge is -2.08. The Morgan fingerprint density at radius 3 is 2.94 bits per heavy atom. The predicted octanol–water partition coefficient (Wildman–Crippen LogP) is 2.11. The van der Waals surface area contributed by atoms with Crippen LogP contribution in [0, 0.1) is 6.92 Å². The van der Waals surface area contributed by atoms with E-state index in [9.17, 15) is 9.90 Å². The fourth-order valence-electron chi connectivity index (χ4n) is 1.42. The summed E-state index contributed by atoms with van der Waals surface area (Å²) in [5.74, 6) is 1.03. The van der Waals surface area contributed by atoms with Gasteiger partial charge in [-0.05, 0) is 30.5 Å². The zero-order chi connectivity index (χ0) is 12.3. The lowest BCUT2D eigenvalue weighted by Crippen LogP contribution is -2.27. The summed E-state index contributed by atoms with van der Waals surface area (Å²) in [6.45, 7) is 1.95. The maximum atomic E-state index is 11.6. The van der Waals surface area contributed by atoms with Crippen LogP contribution in [0.25, 0.3) is 0 Å². The van der Waals surface area contributed by atoms with Crippen molar-refractivity contribution in [2.24, 2.45) is 0 Å². The van der Waals surface area contributed by atoms with E-state index in [4.69, 9.17) is 4.42 Å². The highest BCUT2D eigenvalue weighted by molar-refractivity contribution is 7.12. The first-order valence-electron chi connectivity index (χ1n) is 5.23. The number of aryl methyl sites for hydroxylation is 1. The molecule has 0 aliphatic rings. The molecule has 17 heavy (non-hydrogen) atoms. The van der Waals surface area contributed by atoms with Gasteiger partial charge in [-0.15, -0.1) is 11.3 Å². The van der Waals surface area contributed by atoms with Crippen LogP contribution in [0.4, 0.5) is 0 Å². The van der Waals surface area contributed by atoms with Crippen LogP contribution in [-0.2, 0) is 0 Å². The Morgan fingerprint density at radius 2 is 2.35 bits per heavy atom. The van der Waals surface area contributed by atoms with E-state index in [1.807, 2.05) is 11.4 Å². The largest absolute Gasteiger partial charge is 0.464 e. The third-order valence-electron chi connectivity index (χ3n) is 2.29. The van der Waals surface area contributed by atoms with Gasteiger partial charge in [0, 0.05) is 0 Å². The van der Waals surface area contributed by atoms with Gasteiger partial charge in [-0.1, -0.05) is 6.07 Å². The van der Waals surface area contributed by atoms with E-state index < -0.39 is 6.10 Å². The van der Waals surface area contributed by atoms with Crippen molar-refractivity contribution >= 4 is 17.2 Å². The van der Waals surface area contributed by atoms with Gasteiger partial charge >= 0.3 is 0 Å². The normalized spacial score (nSPS) is 12.4. The molecule has 0 saturated heterocycles. The molecule has 2 aromatic heterocycles. The van der Waals surface area contributed by atoms with E-state index in [1.165, 1.54) is 11.3 Å². The van der Waals surface area contributed by atoms with Gasteiger partial charge in [-0.3, -0.25) is 4.79 Å². The minimum atomic E-state index is -0.812. The van der Waals surface area contributed by atoms with Crippen LogP contribution < -0.4 is 5.32 Å². The topological polar surface area (TPSA) is 62.5 Å². The van der Waals surface area contributed by atoms with Crippen LogP contribution in [0.1, 0.15) is 27.3 Å². The number of aliphatic hydroxyl groups is 1. The molecule has 2 rings (SSSR count). The monoisotopic (exact) mass is 251 g/mol. The maximum Gasteiger partial charge on any atom is 0.261 e. The van der Waals surface area contributed by atoms with Crippen molar-refractivity contribution in [2.75, 3.05) is 6.54 Å². The molecule has 0 radical (unpaired) electrons. The lowest BCUT2D eigenvalue weighted by atomic mass is 10.2. The molecule has 0 bridgehead atoms. The molecule has 0 unspecified atom stereocenters. The van der Waals surface area contributed by atoms with Crippen molar-refractivity contribution < 1.29 is 14.3 Å². The number of nitrogens with one attached hydrogen (secondary N) is 1. The number of rotatable bonds is 4. The quantitative estimate of drug-likeness (QED) is 0.874. The van der Waals surface area contributed by atoms with Crippen LogP contribution >= 0.6 is 11.3 Å². The smallest absolute Gasteiger partial charge is 0.261 e. The van der Waals surface area contributed by atoms with Gasteiger partial charge in [-0.25, -0.2) is 0 Å². The number of furan rings is 1. The van der Waals surface area contributed by atoms with Crippen molar-refractivity contribution in [1.82, 2.24) is 5.32 Å². The van der Waals surface area contributed by atoms with Crippen molar-refractivity contribution in [3.05, 3.63) is 46.0 Å². The second-order valence-corrected chi connectivity index (χ2v) is 4.60. The summed E-state index contributed by atoms with van der Waals surface area (Å²) in [5.41, 5.74) is 0. The minimum absolute atomic E-state index is 0.143. The molecule has 2 heterocycles. The number of carbonyl (C=O) groups is 1. The van der Waals surface area contributed by atoms with E-state index in [1.54, 1.807) is 25.1 Å². The Bertz CT molecular complexity index is 490. The first kappa shape index (κ1) is 11.9.